The van der Waals surface area contributed by atoms with Crippen LogP contribution in [0.15, 0.2) is 99.6 Å². The molecular weight excluding hydrogens is 344 g/mol. The van der Waals surface area contributed by atoms with Crippen molar-refractivity contribution in [1.82, 2.24) is 0 Å². The molecule has 0 aliphatic carbocycles. The lowest BCUT2D eigenvalue weighted by Crippen LogP contribution is -2.07. The zero-order valence-electron chi connectivity index (χ0n) is 12.6. The van der Waals surface area contributed by atoms with Crippen molar-refractivity contribution in [2.45, 2.75) is 14.7 Å². The molecule has 0 atom stereocenters. The molecule has 4 nitrogen and oxygen atoms in total. The van der Waals surface area contributed by atoms with Gasteiger partial charge in [0.05, 0.1) is 10.9 Å². The van der Waals surface area contributed by atoms with Crippen LogP contribution in [0.2, 0.25) is 0 Å². The Labute approximate surface area is 144 Å². The van der Waals surface area contributed by atoms with Crippen LogP contribution < -0.4 is 4.18 Å². The van der Waals surface area contributed by atoms with Gasteiger partial charge in [0.25, 0.3) is 0 Å². The summed E-state index contributed by atoms with van der Waals surface area (Å²) < 4.78 is 34.8. The van der Waals surface area contributed by atoms with Crippen molar-refractivity contribution in [2.24, 2.45) is 0 Å². The molecule has 3 rings (SSSR count). The molecule has 0 heterocycles. The molecule has 0 fully saturated rings. The normalized spacial score (nSPS) is 11.4. The monoisotopic (exact) mass is 359 g/mol. The van der Waals surface area contributed by atoms with E-state index in [0.717, 1.165) is 14.7 Å². The van der Waals surface area contributed by atoms with Gasteiger partial charge in [0.1, 0.15) is 5.75 Å². The van der Waals surface area contributed by atoms with E-state index < -0.39 is 10.4 Å². The first-order valence-corrected chi connectivity index (χ1v) is 9.73. The molecule has 3 aromatic carbocycles. The van der Waals surface area contributed by atoms with Crippen LogP contribution in [0.5, 0.6) is 5.75 Å². The second kappa shape index (κ2) is 7.09. The first kappa shape index (κ1) is 16.6. The van der Waals surface area contributed by atoms with Gasteiger partial charge in [0.2, 0.25) is 0 Å². The van der Waals surface area contributed by atoms with Gasteiger partial charge in [-0.25, -0.2) is 0 Å². The third kappa shape index (κ3) is 4.17. The fourth-order valence-electron chi connectivity index (χ4n) is 2.27. The van der Waals surface area contributed by atoms with Gasteiger partial charge in [0.15, 0.2) is 14.7 Å². The van der Waals surface area contributed by atoms with E-state index in [0.29, 0.717) is 0 Å². The lowest BCUT2D eigenvalue weighted by Gasteiger charge is -2.08. The molecule has 0 spiro atoms. The smallest absolute Gasteiger partial charge is 0.362 e. The molecular formula is C18H15O4S2+. The minimum Gasteiger partial charge on any atom is -0.362 e. The van der Waals surface area contributed by atoms with Gasteiger partial charge in [-0.1, -0.05) is 36.4 Å². The Morgan fingerprint density at radius 3 is 1.50 bits per heavy atom. The van der Waals surface area contributed by atoms with E-state index >= 15 is 0 Å². The molecule has 0 amide bonds. The summed E-state index contributed by atoms with van der Waals surface area (Å²) in [5.74, 6) is 0.0749. The third-order valence-corrected chi connectivity index (χ3v) is 5.85. The van der Waals surface area contributed by atoms with Crippen molar-refractivity contribution in [3.63, 3.8) is 0 Å². The number of rotatable bonds is 5. The standard InChI is InChI=1S/C18H14O4S2/c19-24(20,21)22-15-11-13-18(14-12-15)23(16-7-3-1-4-8-16)17-9-5-2-6-10-17/h1-14H/p+1. The Morgan fingerprint density at radius 1 is 0.667 bits per heavy atom. The molecule has 0 saturated carbocycles. The van der Waals surface area contributed by atoms with E-state index in [-0.39, 0.29) is 16.6 Å². The maximum Gasteiger partial charge on any atom is 0.446 e. The average molecular weight is 359 g/mol. The highest BCUT2D eigenvalue weighted by Crippen LogP contribution is 2.31. The lowest BCUT2D eigenvalue weighted by molar-refractivity contribution is 0.386. The van der Waals surface area contributed by atoms with Gasteiger partial charge >= 0.3 is 10.4 Å². The van der Waals surface area contributed by atoms with Gasteiger partial charge in [-0.2, -0.15) is 8.42 Å². The van der Waals surface area contributed by atoms with Crippen molar-refractivity contribution < 1.29 is 17.2 Å². The first-order valence-electron chi connectivity index (χ1n) is 7.14. The fraction of sp³-hybridized carbons (Fsp3) is 0. The zero-order valence-corrected chi connectivity index (χ0v) is 14.2. The average Bonchev–Trinajstić information content (AvgIpc) is 2.57. The summed E-state index contributed by atoms with van der Waals surface area (Å²) in [5, 5.41) is 0. The van der Waals surface area contributed by atoms with Gasteiger partial charge < -0.3 is 4.18 Å². The van der Waals surface area contributed by atoms with Crippen LogP contribution in [0.3, 0.4) is 0 Å². The molecule has 0 saturated heterocycles. The second-order valence-electron chi connectivity index (χ2n) is 4.91. The van der Waals surface area contributed by atoms with E-state index in [1.165, 1.54) is 12.1 Å². The summed E-state index contributed by atoms with van der Waals surface area (Å²) in [6.45, 7) is 0. The molecule has 6 heteroatoms. The Kier molecular flexibility index (Phi) is 4.89. The molecule has 0 bridgehead atoms. The van der Waals surface area contributed by atoms with Gasteiger partial charge in [-0.05, 0) is 48.5 Å². The summed E-state index contributed by atoms with van der Waals surface area (Å²) >= 11 is 0. The number of hydrogen-bond donors (Lipinski definition) is 1. The molecule has 3 aromatic rings. The molecule has 24 heavy (non-hydrogen) atoms. The largest absolute Gasteiger partial charge is 0.446 e. The maximum atomic E-state index is 10.8. The second-order valence-corrected chi connectivity index (χ2v) is 7.96. The SMILES string of the molecule is O=S(=O)(O)Oc1ccc([S+](c2ccccc2)c2ccccc2)cc1. The van der Waals surface area contributed by atoms with E-state index in [1.807, 2.05) is 48.5 Å². The fourth-order valence-corrected chi connectivity index (χ4v) is 4.71. The van der Waals surface area contributed by atoms with Crippen LogP contribution >= 0.6 is 0 Å². The highest BCUT2D eigenvalue weighted by molar-refractivity contribution is 7.97. The summed E-state index contributed by atoms with van der Waals surface area (Å²) in [7, 11) is -4.83. The lowest BCUT2D eigenvalue weighted by atomic mass is 10.3. The zero-order chi connectivity index (χ0) is 17.0. The van der Waals surface area contributed by atoms with Crippen molar-refractivity contribution in [2.75, 3.05) is 0 Å². The predicted octanol–water partition coefficient (Wildman–Crippen LogP) is 3.96. The van der Waals surface area contributed by atoms with Gasteiger partial charge in [-0.3, -0.25) is 4.55 Å². The van der Waals surface area contributed by atoms with Crippen LogP contribution in [0.4, 0.5) is 0 Å². The maximum absolute atomic E-state index is 10.8. The number of hydrogen-bond acceptors (Lipinski definition) is 3. The summed E-state index contributed by atoms with van der Waals surface area (Å²) in [6, 6.07) is 26.9. The summed E-state index contributed by atoms with van der Waals surface area (Å²) in [4.78, 5) is 3.34. The summed E-state index contributed by atoms with van der Waals surface area (Å²) in [6.07, 6.45) is 0. The number of benzene rings is 3. The molecule has 0 aliphatic rings. The third-order valence-electron chi connectivity index (χ3n) is 3.22. The molecule has 0 unspecified atom stereocenters. The quantitative estimate of drug-likeness (QED) is 0.553. The van der Waals surface area contributed by atoms with Crippen molar-refractivity contribution in [3.05, 3.63) is 84.9 Å². The van der Waals surface area contributed by atoms with E-state index in [9.17, 15) is 8.42 Å². The van der Waals surface area contributed by atoms with Crippen molar-refractivity contribution in [1.29, 1.82) is 0 Å². The van der Waals surface area contributed by atoms with E-state index in [4.69, 9.17) is 4.55 Å². The molecule has 0 aliphatic heterocycles. The van der Waals surface area contributed by atoms with E-state index in [2.05, 4.69) is 28.4 Å². The van der Waals surface area contributed by atoms with Crippen LogP contribution in [0, 0.1) is 0 Å². The molecule has 0 radical (unpaired) electrons. The van der Waals surface area contributed by atoms with Crippen LogP contribution in [0.25, 0.3) is 0 Å². The Morgan fingerprint density at radius 2 is 1.08 bits per heavy atom. The Hall–Kier alpha value is -2.28. The Balaban J connectivity index is 2.00. The van der Waals surface area contributed by atoms with Crippen LogP contribution in [-0.4, -0.2) is 13.0 Å². The highest BCUT2D eigenvalue weighted by Gasteiger charge is 2.28. The van der Waals surface area contributed by atoms with Crippen molar-refractivity contribution in [3.8, 4) is 5.75 Å². The molecule has 0 aromatic heterocycles. The van der Waals surface area contributed by atoms with Crippen LogP contribution in [0.1, 0.15) is 0 Å². The van der Waals surface area contributed by atoms with Gasteiger partial charge in [0, 0.05) is 0 Å². The molecule has 1 N–H and O–H groups in total. The summed E-state index contributed by atoms with van der Waals surface area (Å²) in [5.41, 5.74) is 0. The van der Waals surface area contributed by atoms with Crippen LogP contribution in [-0.2, 0) is 21.3 Å². The predicted molar refractivity (Wildman–Crippen MR) is 93.7 cm³/mol. The van der Waals surface area contributed by atoms with Gasteiger partial charge in [-0.15, -0.1) is 0 Å². The minimum absolute atomic E-state index is 0.0749. The van der Waals surface area contributed by atoms with Crippen molar-refractivity contribution >= 4 is 21.3 Å². The first-order chi connectivity index (χ1) is 11.5. The van der Waals surface area contributed by atoms with E-state index in [1.54, 1.807) is 0 Å². The molecule has 122 valence electrons. The highest BCUT2D eigenvalue weighted by atomic mass is 32.3. The minimum atomic E-state index is -4.51. The Bertz CT molecular complexity index is 853. The topological polar surface area (TPSA) is 63.6 Å².